The monoisotopic (exact) mass is 435 g/mol. The Morgan fingerprint density at radius 2 is 1.71 bits per heavy atom. The van der Waals surface area contributed by atoms with Crippen LogP contribution in [0.25, 0.3) is 10.9 Å². The van der Waals surface area contributed by atoms with Gasteiger partial charge in [-0.2, -0.15) is 0 Å². The first-order chi connectivity index (χ1) is 14.8. The predicted molar refractivity (Wildman–Crippen MR) is 130 cm³/mol. The molecule has 4 nitrogen and oxygen atoms in total. The third-order valence-corrected chi connectivity index (χ3v) is 6.01. The molecule has 1 heterocycles. The van der Waals surface area contributed by atoms with E-state index >= 15 is 0 Å². The van der Waals surface area contributed by atoms with E-state index in [0.717, 1.165) is 23.7 Å². The van der Waals surface area contributed by atoms with E-state index in [-0.39, 0.29) is 6.10 Å². The first kappa shape index (κ1) is 23.4. The van der Waals surface area contributed by atoms with Gasteiger partial charge in [0, 0.05) is 6.42 Å². The largest absolute Gasteiger partial charge is 0.477 e. The molecule has 1 aromatic heterocycles. The van der Waals surface area contributed by atoms with Gasteiger partial charge < -0.3 is 9.16 Å². The molecule has 0 aliphatic carbocycles. The van der Waals surface area contributed by atoms with Crippen LogP contribution in [0.3, 0.4) is 0 Å². The number of hydrogen-bond donors (Lipinski definition) is 0. The number of rotatable bonds is 10. The molecule has 1 unspecified atom stereocenters. The third kappa shape index (κ3) is 7.44. The average molecular weight is 436 g/mol. The van der Waals surface area contributed by atoms with Gasteiger partial charge in [0.2, 0.25) is 14.9 Å². The molecular formula is C26H35N2O2Si. The number of fused-ring (bicyclic) bond motifs is 1. The predicted octanol–water partition coefficient (Wildman–Crippen LogP) is 6.78. The summed E-state index contributed by atoms with van der Waals surface area (Å²) in [6, 6.07) is 16.8. The average Bonchev–Trinajstić information content (AvgIpc) is 2.73. The second-order valence-corrected chi connectivity index (χ2v) is 11.6. The molecule has 3 aromatic rings. The molecule has 0 aliphatic rings. The Hall–Kier alpha value is -2.24. The Morgan fingerprint density at radius 1 is 0.968 bits per heavy atom. The van der Waals surface area contributed by atoms with Crippen molar-refractivity contribution in [1.82, 2.24) is 9.97 Å². The molecule has 0 saturated carbocycles. The summed E-state index contributed by atoms with van der Waals surface area (Å²) in [5.74, 6) is 0.648. The lowest BCUT2D eigenvalue weighted by atomic mass is 9.88. The molecule has 1 radical (unpaired) electrons. The molecule has 0 fully saturated rings. The highest BCUT2D eigenvalue weighted by Gasteiger charge is 2.17. The quantitative estimate of drug-likeness (QED) is 0.329. The van der Waals surface area contributed by atoms with Crippen LogP contribution in [0.15, 0.2) is 54.9 Å². The maximum Gasteiger partial charge on any atom is 0.224 e. The van der Waals surface area contributed by atoms with Crippen LogP contribution in [0, 0.1) is 5.41 Å². The minimum absolute atomic E-state index is 0.198. The molecule has 31 heavy (non-hydrogen) atoms. The van der Waals surface area contributed by atoms with Crippen LogP contribution in [0.4, 0.5) is 0 Å². The van der Waals surface area contributed by atoms with E-state index in [1.54, 1.807) is 6.33 Å². The van der Waals surface area contributed by atoms with Crippen molar-refractivity contribution >= 4 is 19.9 Å². The standard InChI is InChI=1S/C26H35N2O2Si/c1-26(2,3)17-8-11-24(30-31(4)5)21-14-12-20(13-15-21)16-18-29-25-22-9-6-7-10-23(22)27-19-28-25/h6-7,9-10,12-15,19,24H,8,11,16-18H2,1-5H3. The topological polar surface area (TPSA) is 44.2 Å². The van der Waals surface area contributed by atoms with Crippen molar-refractivity contribution in [2.24, 2.45) is 5.41 Å². The summed E-state index contributed by atoms with van der Waals surface area (Å²) in [7, 11) is -0.750. The molecule has 3 rings (SSSR count). The highest BCUT2D eigenvalue weighted by molar-refractivity contribution is 6.48. The van der Waals surface area contributed by atoms with E-state index in [1.807, 2.05) is 24.3 Å². The van der Waals surface area contributed by atoms with Gasteiger partial charge in [0.15, 0.2) is 0 Å². The lowest BCUT2D eigenvalue weighted by molar-refractivity contribution is 0.186. The van der Waals surface area contributed by atoms with Gasteiger partial charge in [0.25, 0.3) is 0 Å². The summed E-state index contributed by atoms with van der Waals surface area (Å²) in [5, 5.41) is 0.951. The summed E-state index contributed by atoms with van der Waals surface area (Å²) in [5.41, 5.74) is 3.82. The Morgan fingerprint density at radius 3 is 2.42 bits per heavy atom. The van der Waals surface area contributed by atoms with E-state index in [0.29, 0.717) is 17.9 Å². The van der Waals surface area contributed by atoms with E-state index in [1.165, 1.54) is 24.0 Å². The summed E-state index contributed by atoms with van der Waals surface area (Å²) in [4.78, 5) is 8.59. The number of benzene rings is 2. The summed E-state index contributed by atoms with van der Waals surface area (Å²) in [6.45, 7) is 11.9. The highest BCUT2D eigenvalue weighted by atomic mass is 28.3. The number of para-hydroxylation sites is 1. The van der Waals surface area contributed by atoms with E-state index in [9.17, 15) is 0 Å². The minimum atomic E-state index is -0.750. The molecule has 0 N–H and O–H groups in total. The van der Waals surface area contributed by atoms with Gasteiger partial charge in [-0.3, -0.25) is 0 Å². The van der Waals surface area contributed by atoms with Crippen molar-refractivity contribution in [3.8, 4) is 5.88 Å². The van der Waals surface area contributed by atoms with Gasteiger partial charge in [-0.05, 0) is 54.6 Å². The normalized spacial score (nSPS) is 13.0. The first-order valence-corrected chi connectivity index (χ1v) is 13.6. The SMILES string of the molecule is C[Si](C)OC(CCCC(C)(C)C)c1ccc(CCOc2ncnc3ccccc23)cc1. The molecule has 165 valence electrons. The van der Waals surface area contributed by atoms with Crippen molar-refractivity contribution in [3.05, 3.63) is 66.0 Å². The maximum atomic E-state index is 6.33. The molecule has 0 bridgehead atoms. The lowest BCUT2D eigenvalue weighted by Crippen LogP contribution is -2.15. The molecule has 5 heteroatoms. The second kappa shape index (κ2) is 10.9. The Labute approximate surface area is 188 Å². The molecular weight excluding hydrogens is 400 g/mol. The van der Waals surface area contributed by atoms with Crippen molar-refractivity contribution < 1.29 is 9.16 Å². The molecule has 0 amide bonds. The van der Waals surface area contributed by atoms with Crippen LogP contribution in [0.2, 0.25) is 13.1 Å². The van der Waals surface area contributed by atoms with Crippen LogP contribution in [0.5, 0.6) is 5.88 Å². The minimum Gasteiger partial charge on any atom is -0.477 e. The van der Waals surface area contributed by atoms with E-state index in [4.69, 9.17) is 9.16 Å². The molecule has 0 aliphatic heterocycles. The summed E-state index contributed by atoms with van der Waals surface area (Å²) in [6.07, 6.45) is 6.08. The zero-order valence-corrected chi connectivity index (χ0v) is 20.5. The Balaban J connectivity index is 1.57. The molecule has 1 atom stereocenters. The van der Waals surface area contributed by atoms with E-state index < -0.39 is 9.04 Å². The highest BCUT2D eigenvalue weighted by Crippen LogP contribution is 2.29. The van der Waals surface area contributed by atoms with Crippen LogP contribution in [0.1, 0.15) is 57.3 Å². The zero-order chi connectivity index (χ0) is 22.3. The summed E-state index contributed by atoms with van der Waals surface area (Å²) >= 11 is 0. The third-order valence-electron chi connectivity index (χ3n) is 5.26. The molecule has 2 aromatic carbocycles. The molecule has 0 saturated heterocycles. The number of ether oxygens (including phenoxy) is 1. The van der Waals surface area contributed by atoms with Crippen molar-refractivity contribution in [2.75, 3.05) is 6.61 Å². The van der Waals surface area contributed by atoms with Crippen molar-refractivity contribution in [2.45, 2.75) is 65.7 Å². The Kier molecular flexibility index (Phi) is 8.21. The Bertz CT molecular complexity index is 946. The number of hydrogen-bond acceptors (Lipinski definition) is 4. The van der Waals surface area contributed by atoms with Gasteiger partial charge in [-0.25, -0.2) is 9.97 Å². The van der Waals surface area contributed by atoms with E-state index in [2.05, 4.69) is 68.1 Å². The van der Waals surface area contributed by atoms with Gasteiger partial charge in [-0.15, -0.1) is 0 Å². The van der Waals surface area contributed by atoms with Gasteiger partial charge in [0.1, 0.15) is 6.33 Å². The smallest absolute Gasteiger partial charge is 0.224 e. The second-order valence-electron chi connectivity index (χ2n) is 9.50. The van der Waals surface area contributed by atoms with Crippen molar-refractivity contribution in [1.29, 1.82) is 0 Å². The first-order valence-electron chi connectivity index (χ1n) is 11.2. The lowest BCUT2D eigenvalue weighted by Gasteiger charge is -2.23. The van der Waals surface area contributed by atoms with Crippen molar-refractivity contribution in [3.63, 3.8) is 0 Å². The summed E-state index contributed by atoms with van der Waals surface area (Å²) < 4.78 is 12.3. The van der Waals surface area contributed by atoms with Gasteiger partial charge >= 0.3 is 0 Å². The fourth-order valence-electron chi connectivity index (χ4n) is 3.66. The fraction of sp³-hybridized carbons (Fsp3) is 0.462. The van der Waals surface area contributed by atoms with Crippen LogP contribution < -0.4 is 4.74 Å². The number of nitrogens with zero attached hydrogens (tertiary/aromatic N) is 2. The van der Waals surface area contributed by atoms with Crippen LogP contribution in [-0.2, 0) is 10.8 Å². The van der Waals surface area contributed by atoms with Crippen LogP contribution >= 0.6 is 0 Å². The van der Waals surface area contributed by atoms with Crippen LogP contribution in [-0.4, -0.2) is 25.6 Å². The fourth-order valence-corrected chi connectivity index (χ4v) is 4.48. The maximum absolute atomic E-state index is 6.33. The number of aromatic nitrogens is 2. The molecule has 0 spiro atoms. The zero-order valence-electron chi connectivity index (χ0n) is 19.5. The van der Waals surface area contributed by atoms with Gasteiger partial charge in [-0.1, -0.05) is 63.6 Å². The van der Waals surface area contributed by atoms with Gasteiger partial charge in [0.05, 0.1) is 23.6 Å².